The molecule has 1 unspecified atom stereocenters. The van der Waals surface area contributed by atoms with Gasteiger partial charge in [-0.05, 0) is 25.3 Å². The van der Waals surface area contributed by atoms with Crippen LogP contribution in [0.5, 0.6) is 0 Å². The maximum atomic E-state index is 4.50. The normalized spacial score (nSPS) is 13.8. The molecule has 2 nitrogen and oxygen atoms in total. The summed E-state index contributed by atoms with van der Waals surface area (Å²) in [6, 6.07) is 2.63. The molecule has 1 aromatic rings. The minimum absolute atomic E-state index is 0.525. The third-order valence-electron chi connectivity index (χ3n) is 2.26. The van der Waals surface area contributed by atoms with Crippen LogP contribution < -0.4 is 0 Å². The molecule has 0 saturated carbocycles. The van der Waals surface area contributed by atoms with Crippen LogP contribution in [0.3, 0.4) is 0 Å². The summed E-state index contributed by atoms with van der Waals surface area (Å²) < 4.78 is 2.05. The second-order valence-corrected chi connectivity index (χ2v) is 3.63. The molecule has 1 heterocycles. The van der Waals surface area contributed by atoms with Crippen LogP contribution in [0.15, 0.2) is 12.3 Å². The third kappa shape index (κ3) is 1.87. The van der Waals surface area contributed by atoms with Crippen LogP contribution in [0.4, 0.5) is 0 Å². The predicted molar refractivity (Wildman–Crippen MR) is 51.3 cm³/mol. The molecule has 0 aliphatic rings. The number of rotatable bonds is 3. The molecule has 1 rings (SSSR count). The summed E-state index contributed by atoms with van der Waals surface area (Å²) in [5.74, 6) is 0.537. The molecule has 68 valence electrons. The van der Waals surface area contributed by atoms with Crippen LogP contribution in [0.2, 0.25) is 0 Å². The van der Waals surface area contributed by atoms with Crippen molar-refractivity contribution in [1.29, 1.82) is 0 Å². The van der Waals surface area contributed by atoms with E-state index < -0.39 is 0 Å². The summed E-state index contributed by atoms with van der Waals surface area (Å²) in [5.41, 5.74) is 1.19. The van der Waals surface area contributed by atoms with Crippen molar-refractivity contribution in [3.63, 3.8) is 0 Å². The maximum absolute atomic E-state index is 4.50. The van der Waals surface area contributed by atoms with Gasteiger partial charge in [-0.1, -0.05) is 20.8 Å². The zero-order valence-corrected chi connectivity index (χ0v) is 8.41. The van der Waals surface area contributed by atoms with E-state index in [0.29, 0.717) is 12.0 Å². The smallest absolute Gasteiger partial charge is 0.0650 e. The summed E-state index contributed by atoms with van der Waals surface area (Å²) in [6.45, 7) is 8.71. The lowest BCUT2D eigenvalue weighted by Crippen LogP contribution is -2.05. The van der Waals surface area contributed by atoms with Gasteiger partial charge < -0.3 is 0 Å². The Hall–Kier alpha value is -0.790. The summed E-state index contributed by atoms with van der Waals surface area (Å²) in [6.07, 6.45) is 3.21. The van der Waals surface area contributed by atoms with E-state index in [0.717, 1.165) is 6.42 Å². The lowest BCUT2D eigenvalue weighted by atomic mass is 10.1. The van der Waals surface area contributed by atoms with E-state index in [2.05, 4.69) is 49.7 Å². The monoisotopic (exact) mass is 166 g/mol. The summed E-state index contributed by atoms with van der Waals surface area (Å²) in [4.78, 5) is 0. The molecule has 12 heavy (non-hydrogen) atoms. The molecule has 0 spiro atoms. The molecule has 0 aromatic carbocycles. The molecule has 0 radical (unpaired) electrons. The van der Waals surface area contributed by atoms with Crippen molar-refractivity contribution in [3.8, 4) is 0 Å². The van der Waals surface area contributed by atoms with Crippen molar-refractivity contribution in [1.82, 2.24) is 9.78 Å². The van der Waals surface area contributed by atoms with E-state index in [1.807, 2.05) is 0 Å². The molecule has 0 aliphatic heterocycles. The summed E-state index contributed by atoms with van der Waals surface area (Å²) in [7, 11) is 0. The van der Waals surface area contributed by atoms with Crippen molar-refractivity contribution in [2.75, 3.05) is 0 Å². The van der Waals surface area contributed by atoms with Crippen molar-refractivity contribution in [3.05, 3.63) is 18.0 Å². The largest absolute Gasteiger partial charge is 0.270 e. The van der Waals surface area contributed by atoms with Gasteiger partial charge in [0.2, 0.25) is 0 Å². The van der Waals surface area contributed by atoms with Gasteiger partial charge in [0.25, 0.3) is 0 Å². The second-order valence-electron chi connectivity index (χ2n) is 3.63. The van der Waals surface area contributed by atoms with E-state index in [-0.39, 0.29) is 0 Å². The van der Waals surface area contributed by atoms with Crippen molar-refractivity contribution >= 4 is 0 Å². The molecular weight excluding hydrogens is 148 g/mol. The second kappa shape index (κ2) is 3.74. The highest BCUT2D eigenvalue weighted by Crippen LogP contribution is 2.14. The minimum Gasteiger partial charge on any atom is -0.270 e. The van der Waals surface area contributed by atoms with Crippen LogP contribution in [-0.2, 0) is 0 Å². The molecule has 2 heteroatoms. The first-order valence-electron chi connectivity index (χ1n) is 4.70. The van der Waals surface area contributed by atoms with Gasteiger partial charge in [-0.25, -0.2) is 0 Å². The van der Waals surface area contributed by atoms with Crippen LogP contribution >= 0.6 is 0 Å². The highest BCUT2D eigenvalue weighted by Gasteiger charge is 2.06. The zero-order valence-electron chi connectivity index (χ0n) is 8.41. The Morgan fingerprint density at radius 2 is 2.08 bits per heavy atom. The molecule has 0 bridgehead atoms. The van der Waals surface area contributed by atoms with E-state index >= 15 is 0 Å². The number of nitrogens with zero attached hydrogens (tertiary/aromatic N) is 2. The molecule has 0 aliphatic carbocycles. The zero-order chi connectivity index (χ0) is 9.14. The van der Waals surface area contributed by atoms with Crippen LogP contribution in [0, 0.1) is 0 Å². The molecule has 0 N–H and O–H groups in total. The van der Waals surface area contributed by atoms with E-state index in [1.165, 1.54) is 5.69 Å². The Morgan fingerprint density at radius 1 is 1.42 bits per heavy atom. The van der Waals surface area contributed by atoms with Gasteiger partial charge >= 0.3 is 0 Å². The summed E-state index contributed by atoms with van der Waals surface area (Å²) in [5, 5.41) is 4.50. The highest BCUT2D eigenvalue weighted by atomic mass is 15.3. The van der Waals surface area contributed by atoms with E-state index in [4.69, 9.17) is 0 Å². The van der Waals surface area contributed by atoms with Crippen molar-refractivity contribution < 1.29 is 0 Å². The first kappa shape index (κ1) is 9.30. The van der Waals surface area contributed by atoms with Gasteiger partial charge in [0.15, 0.2) is 0 Å². The number of hydrogen-bond donors (Lipinski definition) is 0. The van der Waals surface area contributed by atoms with E-state index in [1.54, 1.807) is 0 Å². The molecule has 0 saturated heterocycles. The van der Waals surface area contributed by atoms with Gasteiger partial charge in [0.05, 0.1) is 5.69 Å². The standard InChI is InChI=1S/C10H18N2/c1-5-9(4)12-7-6-10(11-12)8(2)3/h6-9H,5H2,1-4H3. The lowest BCUT2D eigenvalue weighted by molar-refractivity contribution is 0.471. The van der Waals surface area contributed by atoms with Crippen LogP contribution in [-0.4, -0.2) is 9.78 Å². The average Bonchev–Trinajstić information content (AvgIpc) is 2.51. The quantitative estimate of drug-likeness (QED) is 0.675. The molecule has 1 atom stereocenters. The molecular formula is C10H18N2. The number of hydrogen-bond acceptors (Lipinski definition) is 1. The Morgan fingerprint density at radius 3 is 2.50 bits per heavy atom. The van der Waals surface area contributed by atoms with Crippen molar-refractivity contribution in [2.45, 2.75) is 46.1 Å². The fourth-order valence-corrected chi connectivity index (χ4v) is 1.09. The minimum atomic E-state index is 0.525. The van der Waals surface area contributed by atoms with Crippen LogP contribution in [0.25, 0.3) is 0 Å². The fraction of sp³-hybridized carbons (Fsp3) is 0.700. The molecule has 1 aromatic heterocycles. The van der Waals surface area contributed by atoms with Gasteiger partial charge in [-0.15, -0.1) is 0 Å². The topological polar surface area (TPSA) is 17.8 Å². The van der Waals surface area contributed by atoms with Gasteiger partial charge in [-0.2, -0.15) is 5.10 Å². The van der Waals surface area contributed by atoms with E-state index in [9.17, 15) is 0 Å². The maximum Gasteiger partial charge on any atom is 0.0650 e. The Kier molecular flexibility index (Phi) is 2.90. The third-order valence-corrected chi connectivity index (χ3v) is 2.26. The lowest BCUT2D eigenvalue weighted by Gasteiger charge is -2.08. The first-order valence-corrected chi connectivity index (χ1v) is 4.70. The van der Waals surface area contributed by atoms with Crippen molar-refractivity contribution in [2.24, 2.45) is 0 Å². The Labute approximate surface area is 74.6 Å². The number of aromatic nitrogens is 2. The first-order chi connectivity index (χ1) is 5.65. The molecule has 0 amide bonds. The molecule has 0 fully saturated rings. The average molecular weight is 166 g/mol. The fourth-order valence-electron chi connectivity index (χ4n) is 1.09. The SMILES string of the molecule is CCC(C)n1ccc(C(C)C)n1. The van der Waals surface area contributed by atoms with Gasteiger partial charge in [0.1, 0.15) is 0 Å². The van der Waals surface area contributed by atoms with Gasteiger partial charge in [0, 0.05) is 12.2 Å². The van der Waals surface area contributed by atoms with Gasteiger partial charge in [-0.3, -0.25) is 4.68 Å². The highest BCUT2D eigenvalue weighted by molar-refractivity contribution is 5.04. The predicted octanol–water partition coefficient (Wildman–Crippen LogP) is 2.98. The summed E-state index contributed by atoms with van der Waals surface area (Å²) >= 11 is 0. The Bertz CT molecular complexity index is 238. The van der Waals surface area contributed by atoms with Crippen LogP contribution in [0.1, 0.15) is 51.8 Å². The Balaban J connectivity index is 2.77.